The summed E-state index contributed by atoms with van der Waals surface area (Å²) in [5, 5.41) is 10.4. The number of aliphatic carboxylic acids is 1. The summed E-state index contributed by atoms with van der Waals surface area (Å²) in [5.41, 5.74) is 1.12. The van der Waals surface area contributed by atoms with Gasteiger partial charge in [0, 0.05) is 29.9 Å². The van der Waals surface area contributed by atoms with Gasteiger partial charge in [-0.1, -0.05) is 12.1 Å². The van der Waals surface area contributed by atoms with Gasteiger partial charge in [0.15, 0.2) is 0 Å². The third-order valence-corrected chi connectivity index (χ3v) is 6.92. The van der Waals surface area contributed by atoms with Gasteiger partial charge in [-0.3, -0.25) is 9.59 Å². The number of carboxylic acid groups (broad SMARTS) is 1. The third-order valence-electron chi connectivity index (χ3n) is 4.95. The van der Waals surface area contributed by atoms with Crippen molar-refractivity contribution >= 4 is 38.4 Å². The minimum atomic E-state index is -3.98. The Morgan fingerprint density at radius 3 is 2.72 bits per heavy atom. The Kier molecular flexibility index (Phi) is 3.38. The summed E-state index contributed by atoms with van der Waals surface area (Å²) in [7, 11) is -2.33. The summed E-state index contributed by atoms with van der Waals surface area (Å²) >= 11 is 0. The van der Waals surface area contributed by atoms with Gasteiger partial charge in [-0.2, -0.15) is 4.31 Å². The van der Waals surface area contributed by atoms with Crippen LogP contribution in [0.3, 0.4) is 0 Å². The lowest BCUT2D eigenvalue weighted by atomic mass is 10.1. The summed E-state index contributed by atoms with van der Waals surface area (Å²) in [6.07, 6.45) is 0.815. The maximum Gasteiger partial charge on any atom is 0.322 e. The molecule has 1 saturated heterocycles. The number of carboxylic acids is 1. The fraction of sp³-hybridized carbons (Fsp3) is 0.294. The van der Waals surface area contributed by atoms with Gasteiger partial charge in [0.2, 0.25) is 10.0 Å². The van der Waals surface area contributed by atoms with Crippen molar-refractivity contribution in [2.45, 2.75) is 23.8 Å². The van der Waals surface area contributed by atoms with Crippen molar-refractivity contribution in [1.82, 2.24) is 4.31 Å². The van der Waals surface area contributed by atoms with E-state index in [-0.39, 0.29) is 17.3 Å². The number of amides is 1. The molecule has 1 N–H and O–H groups in total. The Labute approximate surface area is 144 Å². The molecule has 8 heteroatoms. The summed E-state index contributed by atoms with van der Waals surface area (Å²) in [4.78, 5) is 25.3. The lowest BCUT2D eigenvalue weighted by molar-refractivity contribution is -0.140. The van der Waals surface area contributed by atoms with E-state index < -0.39 is 22.0 Å². The summed E-state index contributed by atoms with van der Waals surface area (Å²) in [5.74, 6) is -1.32. The van der Waals surface area contributed by atoms with Gasteiger partial charge in [0.05, 0.1) is 10.6 Å². The van der Waals surface area contributed by atoms with Crippen LogP contribution in [-0.4, -0.2) is 49.3 Å². The van der Waals surface area contributed by atoms with E-state index in [1.54, 1.807) is 31.3 Å². The van der Waals surface area contributed by atoms with Crippen molar-refractivity contribution in [2.75, 3.05) is 18.5 Å². The van der Waals surface area contributed by atoms with Crippen LogP contribution in [0.25, 0.3) is 10.8 Å². The molecule has 0 saturated carbocycles. The number of carbonyl (C=O) groups excluding carboxylic acids is 1. The maximum atomic E-state index is 13.1. The summed E-state index contributed by atoms with van der Waals surface area (Å²) < 4.78 is 27.3. The molecule has 0 radical (unpaired) electrons. The lowest BCUT2D eigenvalue weighted by Gasteiger charge is -2.22. The quantitative estimate of drug-likeness (QED) is 0.898. The smallest absolute Gasteiger partial charge is 0.322 e. The van der Waals surface area contributed by atoms with Gasteiger partial charge in [-0.05, 0) is 31.0 Å². The Morgan fingerprint density at radius 1 is 1.24 bits per heavy atom. The number of rotatable bonds is 3. The fourth-order valence-corrected chi connectivity index (χ4v) is 5.58. The molecule has 130 valence electrons. The first-order chi connectivity index (χ1) is 11.8. The molecule has 2 aliphatic rings. The topological polar surface area (TPSA) is 95.0 Å². The zero-order valence-corrected chi connectivity index (χ0v) is 14.3. The number of carbonyl (C=O) groups is 2. The van der Waals surface area contributed by atoms with Crippen LogP contribution in [0.1, 0.15) is 23.2 Å². The monoisotopic (exact) mass is 360 g/mol. The number of sulfonamides is 1. The molecular formula is C17H16N2O5S. The van der Waals surface area contributed by atoms with Crippen LogP contribution in [0.5, 0.6) is 0 Å². The zero-order chi connectivity index (χ0) is 17.9. The van der Waals surface area contributed by atoms with E-state index >= 15 is 0 Å². The molecule has 2 aromatic rings. The third kappa shape index (κ3) is 2.11. The van der Waals surface area contributed by atoms with Crippen LogP contribution in [0.2, 0.25) is 0 Å². The van der Waals surface area contributed by atoms with E-state index in [9.17, 15) is 23.1 Å². The Hall–Kier alpha value is -2.45. The van der Waals surface area contributed by atoms with Crippen molar-refractivity contribution in [2.24, 2.45) is 0 Å². The molecule has 1 atom stereocenters. The summed E-state index contributed by atoms with van der Waals surface area (Å²) in [6.45, 7) is 0.182. The molecule has 2 heterocycles. The highest BCUT2D eigenvalue weighted by atomic mass is 32.2. The Bertz CT molecular complexity index is 1030. The minimum Gasteiger partial charge on any atom is -0.480 e. The van der Waals surface area contributed by atoms with Gasteiger partial charge in [0.1, 0.15) is 6.04 Å². The van der Waals surface area contributed by atoms with E-state index in [0.717, 1.165) is 4.31 Å². The average molecular weight is 360 g/mol. The van der Waals surface area contributed by atoms with Crippen molar-refractivity contribution in [3.8, 4) is 0 Å². The van der Waals surface area contributed by atoms with Crippen LogP contribution < -0.4 is 4.90 Å². The van der Waals surface area contributed by atoms with Crippen molar-refractivity contribution in [3.63, 3.8) is 0 Å². The second-order valence-corrected chi connectivity index (χ2v) is 8.15. The molecule has 1 fully saturated rings. The average Bonchev–Trinajstić information content (AvgIpc) is 3.17. The molecule has 2 aromatic carbocycles. The largest absolute Gasteiger partial charge is 0.480 e. The van der Waals surface area contributed by atoms with E-state index in [1.165, 1.54) is 11.0 Å². The highest BCUT2D eigenvalue weighted by Crippen LogP contribution is 2.40. The first-order valence-electron chi connectivity index (χ1n) is 7.92. The van der Waals surface area contributed by atoms with Crippen LogP contribution in [0, 0.1) is 0 Å². The predicted octanol–water partition coefficient (Wildman–Crippen LogP) is 1.67. The molecule has 25 heavy (non-hydrogen) atoms. The van der Waals surface area contributed by atoms with Crippen LogP contribution in [0.4, 0.5) is 5.69 Å². The number of nitrogens with zero attached hydrogens (tertiary/aromatic N) is 2. The second kappa shape index (κ2) is 5.27. The van der Waals surface area contributed by atoms with Gasteiger partial charge in [-0.15, -0.1) is 0 Å². The minimum absolute atomic E-state index is 0.0457. The molecule has 0 bridgehead atoms. The highest BCUT2D eigenvalue weighted by Gasteiger charge is 2.41. The van der Waals surface area contributed by atoms with E-state index in [1.807, 2.05) is 0 Å². The Morgan fingerprint density at radius 2 is 2.00 bits per heavy atom. The normalized spacial score (nSPS) is 20.6. The highest BCUT2D eigenvalue weighted by molar-refractivity contribution is 7.89. The molecule has 0 aliphatic carbocycles. The van der Waals surface area contributed by atoms with Gasteiger partial charge in [-0.25, -0.2) is 8.42 Å². The molecule has 0 spiro atoms. The number of hydrogen-bond acceptors (Lipinski definition) is 4. The SMILES string of the molecule is CN1C(=O)c2cccc3c(S(=O)(=O)N4CCC[C@@H]4C(=O)O)ccc1c23. The van der Waals surface area contributed by atoms with Gasteiger partial charge < -0.3 is 10.0 Å². The van der Waals surface area contributed by atoms with Crippen molar-refractivity contribution in [1.29, 1.82) is 0 Å². The lowest BCUT2D eigenvalue weighted by Crippen LogP contribution is -2.40. The summed E-state index contributed by atoms with van der Waals surface area (Å²) in [6, 6.07) is 7.00. The van der Waals surface area contributed by atoms with Gasteiger partial charge >= 0.3 is 5.97 Å². The molecule has 0 aromatic heterocycles. The molecule has 2 aliphatic heterocycles. The maximum absolute atomic E-state index is 13.1. The first kappa shape index (κ1) is 16.0. The van der Waals surface area contributed by atoms with Crippen LogP contribution in [-0.2, 0) is 14.8 Å². The molecule has 1 amide bonds. The zero-order valence-electron chi connectivity index (χ0n) is 13.5. The fourth-order valence-electron chi connectivity index (χ4n) is 3.74. The van der Waals surface area contributed by atoms with Crippen molar-refractivity contribution < 1.29 is 23.1 Å². The van der Waals surface area contributed by atoms with Gasteiger partial charge in [0.25, 0.3) is 5.91 Å². The van der Waals surface area contributed by atoms with E-state index in [4.69, 9.17) is 0 Å². The van der Waals surface area contributed by atoms with Crippen LogP contribution in [0.15, 0.2) is 35.2 Å². The van der Waals surface area contributed by atoms with Crippen molar-refractivity contribution in [3.05, 3.63) is 35.9 Å². The first-order valence-corrected chi connectivity index (χ1v) is 9.36. The second-order valence-electron chi connectivity index (χ2n) is 6.29. The molecule has 4 rings (SSSR count). The molecule has 7 nitrogen and oxygen atoms in total. The Balaban J connectivity index is 1.95. The molecular weight excluding hydrogens is 344 g/mol. The number of anilines is 1. The predicted molar refractivity (Wildman–Crippen MR) is 91.2 cm³/mol. The van der Waals surface area contributed by atoms with E-state index in [2.05, 4.69) is 0 Å². The van der Waals surface area contributed by atoms with Crippen LogP contribution >= 0.6 is 0 Å². The number of benzene rings is 2. The van der Waals surface area contributed by atoms with E-state index in [0.29, 0.717) is 34.9 Å². The number of hydrogen-bond donors (Lipinski definition) is 1. The standard InChI is InChI=1S/C17H16N2O5S/c1-18-12-7-8-14(10-4-2-5-11(15(10)12)16(18)20)25(23,24)19-9-3-6-13(19)17(21)22/h2,4-5,7-8,13H,3,6,9H2,1H3,(H,21,22)/t13-/m1/s1. The molecule has 0 unspecified atom stereocenters.